The Hall–Kier alpha value is -4.79. The molecule has 2 fully saturated rings. The van der Waals surface area contributed by atoms with Crippen molar-refractivity contribution in [2.24, 2.45) is 0 Å². The van der Waals surface area contributed by atoms with Crippen molar-refractivity contribution in [3.8, 4) is 23.5 Å². The Labute approximate surface area is 312 Å². The van der Waals surface area contributed by atoms with Crippen LogP contribution in [0.4, 0.5) is 13.9 Å². The van der Waals surface area contributed by atoms with Crippen molar-refractivity contribution in [3.05, 3.63) is 51.4 Å². The lowest BCUT2D eigenvalue weighted by Gasteiger charge is -2.19. The molecule has 4 atom stereocenters. The number of nitrogens with zero attached hydrogens (tertiary/aromatic N) is 7. The predicted molar refractivity (Wildman–Crippen MR) is 191 cm³/mol. The topological polar surface area (TPSA) is 193 Å². The van der Waals surface area contributed by atoms with Gasteiger partial charge in [-0.25, -0.2) is 24.9 Å². The number of aldehydes is 1. The number of carbonyl (C=O) groups is 3. The molecule has 2 N–H and O–H groups in total. The summed E-state index contributed by atoms with van der Waals surface area (Å²) >= 11 is 2.06. The third-order valence-electron chi connectivity index (χ3n) is 7.64. The van der Waals surface area contributed by atoms with Crippen LogP contribution in [-0.2, 0) is 22.6 Å². The average molecular weight is 778 g/mol. The Morgan fingerprint density at radius 2 is 1.55 bits per heavy atom. The van der Waals surface area contributed by atoms with Gasteiger partial charge < -0.3 is 29.6 Å². The summed E-state index contributed by atoms with van der Waals surface area (Å²) in [5, 5.41) is 6.46. The molecule has 0 aromatic carbocycles. The Bertz CT molecular complexity index is 1830. The monoisotopic (exact) mass is 777 g/mol. The zero-order chi connectivity index (χ0) is 38.5. The second-order valence-corrected chi connectivity index (χ2v) is 14.2. The first-order valence-corrected chi connectivity index (χ1v) is 18.0. The van der Waals surface area contributed by atoms with Crippen LogP contribution in [0.5, 0.6) is 23.5 Å². The van der Waals surface area contributed by atoms with E-state index in [-0.39, 0.29) is 46.4 Å². The molecule has 0 aliphatic carbocycles. The fraction of sp³-hybridized carbons (Fsp3) is 0.485. The molecular weight excluding hydrogens is 737 g/mol. The van der Waals surface area contributed by atoms with Crippen molar-refractivity contribution in [1.82, 2.24) is 40.1 Å². The Morgan fingerprint density at radius 1 is 0.925 bits per heavy atom. The Morgan fingerprint density at radius 3 is 2.08 bits per heavy atom. The number of ether oxygens (including phenoxy) is 4. The molecule has 286 valence electrons. The van der Waals surface area contributed by atoms with E-state index in [1.165, 1.54) is 33.6 Å². The van der Waals surface area contributed by atoms with Crippen LogP contribution in [0.3, 0.4) is 0 Å². The Balaban J connectivity index is 0.000000196. The van der Waals surface area contributed by atoms with Gasteiger partial charge in [-0.1, -0.05) is 11.3 Å². The molecule has 4 aromatic heterocycles. The number of anilines is 1. The van der Waals surface area contributed by atoms with E-state index in [1.54, 1.807) is 19.2 Å². The van der Waals surface area contributed by atoms with Gasteiger partial charge in [-0.15, -0.1) is 11.3 Å². The second kappa shape index (κ2) is 19.9. The fourth-order valence-corrected chi connectivity index (χ4v) is 6.96. The zero-order valence-electron chi connectivity index (χ0n) is 30.0. The lowest BCUT2D eigenvalue weighted by atomic mass is 10.2. The summed E-state index contributed by atoms with van der Waals surface area (Å²) in [4.78, 5) is 57.6. The molecule has 0 unspecified atom stereocenters. The normalized spacial score (nSPS) is 19.2. The van der Waals surface area contributed by atoms with Gasteiger partial charge in [0, 0.05) is 51.5 Å². The second-order valence-electron chi connectivity index (χ2n) is 12.0. The number of amides is 1. The highest BCUT2D eigenvalue weighted by Gasteiger charge is 2.32. The lowest BCUT2D eigenvalue weighted by Crippen LogP contribution is -2.28. The van der Waals surface area contributed by atoms with Crippen LogP contribution in [-0.4, -0.2) is 104 Å². The summed E-state index contributed by atoms with van der Waals surface area (Å²) in [6, 6.07) is 4.06. The highest BCUT2D eigenvalue weighted by Crippen LogP contribution is 2.29. The summed E-state index contributed by atoms with van der Waals surface area (Å²) in [5.41, 5.74) is 0. The first kappa shape index (κ1) is 41.0. The molecule has 16 nitrogen and oxygen atoms in total. The van der Waals surface area contributed by atoms with Gasteiger partial charge in [0.1, 0.15) is 40.5 Å². The molecule has 53 heavy (non-hydrogen) atoms. The summed E-state index contributed by atoms with van der Waals surface area (Å²) in [5.74, 6) is 0.293. The summed E-state index contributed by atoms with van der Waals surface area (Å²) < 4.78 is 48.3. The number of halogens is 2. The molecule has 2 aliphatic heterocycles. The largest absolute Gasteiger partial charge is 0.481 e. The summed E-state index contributed by atoms with van der Waals surface area (Å²) in [6.45, 7) is 8.89. The van der Waals surface area contributed by atoms with E-state index < -0.39 is 11.9 Å². The number of rotatable bonds is 12. The van der Waals surface area contributed by atoms with E-state index in [0.29, 0.717) is 58.8 Å². The zero-order valence-corrected chi connectivity index (χ0v) is 31.6. The van der Waals surface area contributed by atoms with Gasteiger partial charge in [0.15, 0.2) is 11.4 Å². The maximum Gasteiger partial charge on any atom is 0.234 e. The number of thiazole rings is 2. The minimum atomic E-state index is -0.786. The van der Waals surface area contributed by atoms with E-state index in [9.17, 15) is 23.2 Å². The molecule has 2 aliphatic rings. The van der Waals surface area contributed by atoms with Gasteiger partial charge >= 0.3 is 0 Å². The molecule has 0 bridgehead atoms. The number of hydrogen-bond acceptors (Lipinski definition) is 17. The third kappa shape index (κ3) is 13.0. The van der Waals surface area contributed by atoms with Gasteiger partial charge in [-0.2, -0.15) is 13.8 Å². The van der Waals surface area contributed by atoms with E-state index in [4.69, 9.17) is 18.9 Å². The average Bonchev–Trinajstić information content (AvgIpc) is 3.88. The number of likely N-dealkylation sites (tertiary alicyclic amines) is 1. The van der Waals surface area contributed by atoms with Crippen molar-refractivity contribution >= 4 is 45.8 Å². The summed E-state index contributed by atoms with van der Waals surface area (Å²) in [6.07, 6.45) is 5.26. The van der Waals surface area contributed by atoms with Crippen LogP contribution in [0.1, 0.15) is 60.1 Å². The van der Waals surface area contributed by atoms with Crippen LogP contribution in [0.25, 0.3) is 0 Å². The smallest absolute Gasteiger partial charge is 0.234 e. The predicted octanol–water partition coefficient (Wildman–Crippen LogP) is 3.92. The van der Waals surface area contributed by atoms with Crippen LogP contribution < -0.4 is 29.6 Å². The van der Waals surface area contributed by atoms with Gasteiger partial charge in [0.05, 0.1) is 37.7 Å². The fourth-order valence-electron chi connectivity index (χ4n) is 5.21. The van der Waals surface area contributed by atoms with Gasteiger partial charge in [0.25, 0.3) is 0 Å². The molecule has 0 saturated carbocycles. The van der Waals surface area contributed by atoms with Crippen LogP contribution in [0.2, 0.25) is 0 Å². The maximum absolute atomic E-state index is 14.0. The van der Waals surface area contributed by atoms with Crippen molar-refractivity contribution in [2.45, 2.75) is 77.8 Å². The van der Waals surface area contributed by atoms with Crippen molar-refractivity contribution in [3.63, 3.8) is 0 Å². The van der Waals surface area contributed by atoms with Gasteiger partial charge in [-0.3, -0.25) is 19.3 Å². The third-order valence-corrected chi connectivity index (χ3v) is 9.53. The number of hydrogen-bond donors (Lipinski definition) is 2. The first-order chi connectivity index (χ1) is 25.3. The molecule has 4 aromatic rings. The van der Waals surface area contributed by atoms with Crippen LogP contribution in [0, 0.1) is 11.9 Å². The Kier molecular flexibility index (Phi) is 15.4. The SMILES string of the molecule is CC(=O)Cc1nc(F)c(C=O)s1.COc1cc(O[C@@H]2C[C@H](C)N(Cc3sc(NC(C)=O)nc3F)C2)ncn1.COc1cc(O[C@H]2CN[C@@H](C)C2)ncn1. The summed E-state index contributed by atoms with van der Waals surface area (Å²) in [7, 11) is 3.11. The van der Waals surface area contributed by atoms with E-state index in [0.717, 1.165) is 42.1 Å². The molecule has 0 radical (unpaired) electrons. The molecule has 2 saturated heterocycles. The van der Waals surface area contributed by atoms with E-state index in [1.807, 2.05) is 0 Å². The van der Waals surface area contributed by atoms with Gasteiger partial charge in [0.2, 0.25) is 41.3 Å². The molecule has 6 rings (SSSR count). The van der Waals surface area contributed by atoms with Crippen molar-refractivity contribution < 1.29 is 42.1 Å². The quantitative estimate of drug-likeness (QED) is 0.197. The number of ketones is 1. The maximum atomic E-state index is 14.0. The molecule has 0 spiro atoms. The first-order valence-electron chi connectivity index (χ1n) is 16.4. The highest BCUT2D eigenvalue weighted by atomic mass is 32.1. The molecule has 20 heteroatoms. The van der Waals surface area contributed by atoms with Crippen molar-refractivity contribution in [1.29, 1.82) is 0 Å². The highest BCUT2D eigenvalue weighted by molar-refractivity contribution is 7.15. The minimum absolute atomic E-state index is 0.0498. The number of nitrogens with one attached hydrogen (secondary N) is 2. The standard InChI is InChI=1S/C16H20FN5O3S.C10H15N3O2.C7H6FNO2S/c1-9-4-11(25-14-5-13(24-3)18-8-19-14)6-22(9)7-12-15(17)21-16(26-12)20-10(2)23;1-7-3-8(5-11-7)15-10-4-9(14-2)12-6-13-10;1-4(11)2-6-9-7(8)5(3-10)12-6/h5,8-9,11H,4,6-7H2,1-3H3,(H,20,21,23);4,6-8,11H,3,5H2,1-2H3;3H,2H2,1H3/t9-,11+;7-,8+;/m00./s1. The number of aromatic nitrogens is 6. The molecule has 6 heterocycles. The van der Waals surface area contributed by atoms with E-state index >= 15 is 0 Å². The van der Waals surface area contributed by atoms with Crippen molar-refractivity contribution in [2.75, 3.05) is 32.6 Å². The van der Waals surface area contributed by atoms with E-state index in [2.05, 4.69) is 59.3 Å². The lowest BCUT2D eigenvalue weighted by molar-refractivity contribution is -0.116. The minimum Gasteiger partial charge on any atom is -0.481 e. The van der Waals surface area contributed by atoms with Crippen LogP contribution in [0.15, 0.2) is 24.8 Å². The molecule has 1 amide bonds. The van der Waals surface area contributed by atoms with Gasteiger partial charge in [-0.05, 0) is 20.8 Å². The molecular formula is C33H41F2N9O7S2. The number of carbonyl (C=O) groups excluding carboxylic acids is 3. The number of Topliss-reactive ketones (excluding diaryl/α,β-unsaturated/α-hetero) is 1. The van der Waals surface area contributed by atoms with Crippen LogP contribution >= 0.6 is 22.7 Å². The number of methoxy groups -OCH3 is 2.